The van der Waals surface area contributed by atoms with Gasteiger partial charge in [-0.25, -0.2) is 0 Å². The van der Waals surface area contributed by atoms with Gasteiger partial charge in [0.15, 0.2) is 5.78 Å². The molecule has 2 rings (SSSR count). The van der Waals surface area contributed by atoms with E-state index >= 15 is 0 Å². The molecule has 3 heteroatoms. The third-order valence-electron chi connectivity index (χ3n) is 2.14. The monoisotopic (exact) mass is 205 g/mol. The van der Waals surface area contributed by atoms with Crippen molar-refractivity contribution < 1.29 is 4.79 Å². The quantitative estimate of drug-likeness (QED) is 0.740. The predicted molar refractivity (Wildman–Crippen MR) is 59.9 cm³/mol. The van der Waals surface area contributed by atoms with Crippen LogP contribution in [0, 0.1) is 0 Å². The zero-order valence-electron chi connectivity index (χ0n) is 7.93. The van der Waals surface area contributed by atoms with Gasteiger partial charge in [0.05, 0.1) is 5.04 Å². The molecular weight excluding hydrogens is 194 g/mol. The first-order valence-corrected chi connectivity index (χ1v) is 5.52. The van der Waals surface area contributed by atoms with E-state index < -0.39 is 0 Å². The molecule has 0 aliphatic carbocycles. The van der Waals surface area contributed by atoms with Gasteiger partial charge >= 0.3 is 0 Å². The molecule has 0 saturated carbocycles. The number of aliphatic imine (C=N–C) groups is 1. The van der Waals surface area contributed by atoms with Crippen molar-refractivity contribution in [3.63, 3.8) is 0 Å². The summed E-state index contributed by atoms with van der Waals surface area (Å²) < 4.78 is 0. The Morgan fingerprint density at radius 3 is 2.71 bits per heavy atom. The third kappa shape index (κ3) is 1.87. The Morgan fingerprint density at radius 2 is 2.14 bits per heavy atom. The van der Waals surface area contributed by atoms with E-state index in [0.717, 1.165) is 16.4 Å². The van der Waals surface area contributed by atoms with Gasteiger partial charge in [-0.2, -0.15) is 0 Å². The highest BCUT2D eigenvalue weighted by molar-refractivity contribution is 8.14. The molecule has 1 aliphatic heterocycles. The first kappa shape index (κ1) is 9.46. The van der Waals surface area contributed by atoms with Crippen LogP contribution in [-0.4, -0.2) is 22.6 Å². The molecule has 1 aliphatic rings. The normalized spacial score (nSPS) is 20.6. The lowest BCUT2D eigenvalue weighted by Gasteiger charge is -1.97. The van der Waals surface area contributed by atoms with E-state index in [1.165, 1.54) is 0 Å². The van der Waals surface area contributed by atoms with Gasteiger partial charge in [-0.3, -0.25) is 9.79 Å². The standard InChI is InChI=1S/C11H11NOS/c1-8(13)10-7-14-11(12-10)9-5-3-2-4-6-9/h2-6,10H,7H2,1H3. The molecule has 14 heavy (non-hydrogen) atoms. The van der Waals surface area contributed by atoms with Gasteiger partial charge in [0.1, 0.15) is 6.04 Å². The number of ketones is 1. The first-order chi connectivity index (χ1) is 6.77. The molecule has 1 heterocycles. The summed E-state index contributed by atoms with van der Waals surface area (Å²) in [6, 6.07) is 9.86. The van der Waals surface area contributed by atoms with E-state index in [9.17, 15) is 4.79 Å². The molecular formula is C11H11NOS. The topological polar surface area (TPSA) is 29.4 Å². The van der Waals surface area contributed by atoms with Crippen LogP contribution in [0.4, 0.5) is 0 Å². The molecule has 1 unspecified atom stereocenters. The van der Waals surface area contributed by atoms with Gasteiger partial charge in [0, 0.05) is 11.3 Å². The summed E-state index contributed by atoms with van der Waals surface area (Å²) in [5.41, 5.74) is 1.11. The average Bonchev–Trinajstić information content (AvgIpc) is 2.68. The predicted octanol–water partition coefficient (Wildman–Crippen LogP) is 2.14. The highest BCUT2D eigenvalue weighted by Crippen LogP contribution is 2.23. The zero-order valence-corrected chi connectivity index (χ0v) is 8.75. The highest BCUT2D eigenvalue weighted by atomic mass is 32.2. The molecule has 0 fully saturated rings. The minimum atomic E-state index is -0.129. The number of thioether (sulfide) groups is 1. The third-order valence-corrected chi connectivity index (χ3v) is 3.24. The van der Waals surface area contributed by atoms with Gasteiger partial charge in [0.2, 0.25) is 0 Å². The van der Waals surface area contributed by atoms with Crippen molar-refractivity contribution in [2.45, 2.75) is 13.0 Å². The molecule has 1 atom stereocenters. The maximum Gasteiger partial charge on any atom is 0.155 e. The molecule has 0 N–H and O–H groups in total. The second kappa shape index (κ2) is 3.96. The summed E-state index contributed by atoms with van der Waals surface area (Å²) in [5, 5.41) is 0.991. The van der Waals surface area contributed by atoms with E-state index in [4.69, 9.17) is 0 Å². The molecule has 0 spiro atoms. The van der Waals surface area contributed by atoms with Gasteiger partial charge in [-0.1, -0.05) is 30.3 Å². The van der Waals surface area contributed by atoms with Gasteiger partial charge in [0.25, 0.3) is 0 Å². The van der Waals surface area contributed by atoms with Crippen molar-refractivity contribution in [2.75, 3.05) is 5.75 Å². The van der Waals surface area contributed by atoms with Crippen LogP contribution in [0.15, 0.2) is 35.3 Å². The van der Waals surface area contributed by atoms with Crippen LogP contribution in [-0.2, 0) is 4.79 Å². The number of nitrogens with zero attached hydrogens (tertiary/aromatic N) is 1. The molecule has 1 aromatic rings. The lowest BCUT2D eigenvalue weighted by atomic mass is 10.2. The Labute approximate surface area is 87.4 Å². The molecule has 72 valence electrons. The second-order valence-corrected chi connectivity index (χ2v) is 4.25. The van der Waals surface area contributed by atoms with Gasteiger partial charge in [-0.05, 0) is 6.92 Å². The van der Waals surface area contributed by atoms with Crippen LogP contribution in [0.3, 0.4) is 0 Å². The Kier molecular flexibility index (Phi) is 2.68. The minimum absolute atomic E-state index is 0.129. The molecule has 0 aromatic heterocycles. The molecule has 0 amide bonds. The fourth-order valence-electron chi connectivity index (χ4n) is 1.32. The largest absolute Gasteiger partial charge is 0.298 e. The fourth-order valence-corrected chi connectivity index (χ4v) is 2.45. The summed E-state index contributed by atoms with van der Waals surface area (Å²) in [7, 11) is 0. The van der Waals surface area contributed by atoms with Crippen LogP contribution in [0.5, 0.6) is 0 Å². The number of rotatable bonds is 2. The molecule has 0 radical (unpaired) electrons. The summed E-state index contributed by atoms with van der Waals surface area (Å²) >= 11 is 1.66. The van der Waals surface area contributed by atoms with E-state index in [0.29, 0.717) is 0 Å². The lowest BCUT2D eigenvalue weighted by molar-refractivity contribution is -0.117. The van der Waals surface area contributed by atoms with Crippen LogP contribution >= 0.6 is 11.8 Å². The van der Waals surface area contributed by atoms with Crippen LogP contribution in [0.2, 0.25) is 0 Å². The van der Waals surface area contributed by atoms with Crippen molar-refractivity contribution in [1.29, 1.82) is 0 Å². The smallest absolute Gasteiger partial charge is 0.155 e. The van der Waals surface area contributed by atoms with Crippen LogP contribution < -0.4 is 0 Å². The number of hydrogen-bond donors (Lipinski definition) is 0. The van der Waals surface area contributed by atoms with E-state index in [1.807, 2.05) is 30.3 Å². The van der Waals surface area contributed by atoms with Crippen LogP contribution in [0.1, 0.15) is 12.5 Å². The summed E-state index contributed by atoms with van der Waals surface area (Å²) in [5.74, 6) is 0.947. The average molecular weight is 205 g/mol. The first-order valence-electron chi connectivity index (χ1n) is 4.54. The zero-order chi connectivity index (χ0) is 9.97. The minimum Gasteiger partial charge on any atom is -0.298 e. The maximum absolute atomic E-state index is 11.1. The van der Waals surface area contributed by atoms with E-state index in [1.54, 1.807) is 18.7 Å². The number of carbonyl (C=O) groups excluding carboxylic acids is 1. The molecule has 0 saturated heterocycles. The summed E-state index contributed by atoms with van der Waals surface area (Å²) in [6.45, 7) is 1.60. The van der Waals surface area contributed by atoms with Crippen LogP contribution in [0.25, 0.3) is 0 Å². The van der Waals surface area contributed by atoms with Gasteiger partial charge in [-0.15, -0.1) is 11.8 Å². The number of hydrogen-bond acceptors (Lipinski definition) is 3. The fraction of sp³-hybridized carbons (Fsp3) is 0.273. The molecule has 1 aromatic carbocycles. The van der Waals surface area contributed by atoms with Crippen molar-refractivity contribution in [3.8, 4) is 0 Å². The Bertz CT molecular complexity index is 372. The summed E-state index contributed by atoms with van der Waals surface area (Å²) in [6.07, 6.45) is 0. The maximum atomic E-state index is 11.1. The highest BCUT2D eigenvalue weighted by Gasteiger charge is 2.22. The Balaban J connectivity index is 2.22. The molecule has 2 nitrogen and oxygen atoms in total. The van der Waals surface area contributed by atoms with Crippen molar-refractivity contribution in [1.82, 2.24) is 0 Å². The SMILES string of the molecule is CC(=O)C1CSC(c2ccccc2)=N1. The second-order valence-electron chi connectivity index (χ2n) is 3.24. The van der Waals surface area contributed by atoms with Gasteiger partial charge < -0.3 is 0 Å². The number of Topliss-reactive ketones (excluding diaryl/α,β-unsaturated/α-hetero) is 1. The van der Waals surface area contributed by atoms with E-state index in [-0.39, 0.29) is 11.8 Å². The Hall–Kier alpha value is -1.09. The number of benzene rings is 1. The van der Waals surface area contributed by atoms with Crippen molar-refractivity contribution >= 4 is 22.6 Å². The lowest BCUT2D eigenvalue weighted by Crippen LogP contribution is -2.14. The number of carbonyl (C=O) groups is 1. The Morgan fingerprint density at radius 1 is 1.43 bits per heavy atom. The summed E-state index contributed by atoms with van der Waals surface area (Å²) in [4.78, 5) is 15.5. The van der Waals surface area contributed by atoms with E-state index in [2.05, 4.69) is 4.99 Å². The van der Waals surface area contributed by atoms with Crippen molar-refractivity contribution in [2.24, 2.45) is 4.99 Å². The van der Waals surface area contributed by atoms with Crippen molar-refractivity contribution in [3.05, 3.63) is 35.9 Å². The molecule has 0 bridgehead atoms.